The van der Waals surface area contributed by atoms with E-state index in [9.17, 15) is 14.0 Å². The molecule has 0 bridgehead atoms. The number of carbonyl (C=O) groups is 2. The smallest absolute Gasteiger partial charge is 0.222 e. The summed E-state index contributed by atoms with van der Waals surface area (Å²) < 4.78 is 12.7. The third-order valence-electron chi connectivity index (χ3n) is 3.00. The molecule has 0 aliphatic rings. The quantitative estimate of drug-likeness (QED) is 0.711. The zero-order valence-electron chi connectivity index (χ0n) is 11.5. The predicted molar refractivity (Wildman–Crippen MR) is 72.5 cm³/mol. The molecule has 0 saturated heterocycles. The molecule has 0 fully saturated rings. The first kappa shape index (κ1) is 15.3. The highest BCUT2D eigenvalue weighted by Gasteiger charge is 2.12. The minimum Gasteiger partial charge on any atom is -0.346 e. The van der Waals surface area contributed by atoms with Gasteiger partial charge in [0.15, 0.2) is 5.78 Å². The van der Waals surface area contributed by atoms with E-state index in [-0.39, 0.29) is 30.3 Å². The van der Waals surface area contributed by atoms with Crippen LogP contribution in [-0.2, 0) is 4.79 Å². The maximum absolute atomic E-state index is 12.7. The minimum atomic E-state index is -0.369. The van der Waals surface area contributed by atoms with Gasteiger partial charge in [0.05, 0.1) is 0 Å². The second-order valence-electron chi connectivity index (χ2n) is 4.60. The number of unbranched alkanes of at least 4 members (excludes halogenated alkanes) is 1. The van der Waals surface area contributed by atoms with Crippen LogP contribution in [0.1, 0.15) is 43.0 Å². The fraction of sp³-hybridized carbons (Fsp3) is 0.467. The number of halogens is 1. The number of benzene rings is 1. The first-order valence-electron chi connectivity index (χ1n) is 6.57. The van der Waals surface area contributed by atoms with E-state index in [1.807, 2.05) is 0 Å². The summed E-state index contributed by atoms with van der Waals surface area (Å²) in [6, 6.07) is 5.40. The average molecular weight is 265 g/mol. The largest absolute Gasteiger partial charge is 0.346 e. The standard InChI is InChI=1S/C15H20FNO2/c1-3-4-11-17(2)15(19)10-9-14(18)12-5-7-13(16)8-6-12/h5-8H,3-4,9-11H2,1-2H3. The number of hydrogen-bond donors (Lipinski definition) is 0. The lowest BCUT2D eigenvalue weighted by atomic mass is 10.1. The van der Waals surface area contributed by atoms with Gasteiger partial charge in [-0.2, -0.15) is 0 Å². The number of carbonyl (C=O) groups excluding carboxylic acids is 2. The van der Waals surface area contributed by atoms with Gasteiger partial charge in [-0.05, 0) is 30.7 Å². The Labute approximate surface area is 113 Å². The summed E-state index contributed by atoms with van der Waals surface area (Å²) in [7, 11) is 1.75. The van der Waals surface area contributed by atoms with Crippen LogP contribution in [0.5, 0.6) is 0 Å². The summed E-state index contributed by atoms with van der Waals surface area (Å²) in [5.74, 6) is -0.520. The third-order valence-corrected chi connectivity index (χ3v) is 3.00. The highest BCUT2D eigenvalue weighted by molar-refractivity contribution is 5.97. The van der Waals surface area contributed by atoms with E-state index in [0.29, 0.717) is 5.56 Å². The molecule has 0 heterocycles. The van der Waals surface area contributed by atoms with E-state index >= 15 is 0 Å². The van der Waals surface area contributed by atoms with E-state index in [4.69, 9.17) is 0 Å². The molecule has 0 N–H and O–H groups in total. The molecule has 0 atom stereocenters. The molecule has 0 aliphatic heterocycles. The molecule has 3 nitrogen and oxygen atoms in total. The molecule has 0 aromatic heterocycles. The second kappa shape index (κ2) is 7.67. The van der Waals surface area contributed by atoms with Crippen LogP contribution in [0.25, 0.3) is 0 Å². The van der Waals surface area contributed by atoms with E-state index in [2.05, 4.69) is 6.92 Å². The maximum Gasteiger partial charge on any atom is 0.222 e. The van der Waals surface area contributed by atoms with Crippen molar-refractivity contribution in [3.63, 3.8) is 0 Å². The van der Waals surface area contributed by atoms with Crippen molar-refractivity contribution in [2.24, 2.45) is 0 Å². The molecule has 0 aliphatic carbocycles. The van der Waals surface area contributed by atoms with Gasteiger partial charge in [0.2, 0.25) is 5.91 Å². The highest BCUT2D eigenvalue weighted by Crippen LogP contribution is 2.08. The first-order chi connectivity index (χ1) is 9.04. The normalized spacial score (nSPS) is 10.3. The van der Waals surface area contributed by atoms with Crippen molar-refractivity contribution in [3.8, 4) is 0 Å². The van der Waals surface area contributed by atoms with E-state index < -0.39 is 0 Å². The fourth-order valence-corrected chi connectivity index (χ4v) is 1.71. The van der Waals surface area contributed by atoms with Gasteiger partial charge in [-0.25, -0.2) is 4.39 Å². The molecular formula is C15H20FNO2. The Morgan fingerprint density at radius 1 is 1.16 bits per heavy atom. The monoisotopic (exact) mass is 265 g/mol. The van der Waals surface area contributed by atoms with Crippen LogP contribution in [0, 0.1) is 5.82 Å². The van der Waals surface area contributed by atoms with Crippen molar-refractivity contribution >= 4 is 11.7 Å². The SMILES string of the molecule is CCCCN(C)C(=O)CCC(=O)c1ccc(F)cc1. The number of nitrogens with zero attached hydrogens (tertiary/aromatic N) is 1. The van der Waals surface area contributed by atoms with Crippen molar-refractivity contribution in [1.29, 1.82) is 0 Å². The number of rotatable bonds is 7. The molecular weight excluding hydrogens is 245 g/mol. The Bertz CT molecular complexity index is 428. The summed E-state index contributed by atoms with van der Waals surface area (Å²) in [4.78, 5) is 25.2. The molecule has 1 aromatic carbocycles. The van der Waals surface area contributed by atoms with Crippen LogP contribution in [0.3, 0.4) is 0 Å². The molecule has 0 unspecified atom stereocenters. The zero-order chi connectivity index (χ0) is 14.3. The summed E-state index contributed by atoms with van der Waals surface area (Å²) in [6.45, 7) is 2.79. The molecule has 104 valence electrons. The lowest BCUT2D eigenvalue weighted by molar-refractivity contribution is -0.129. The first-order valence-corrected chi connectivity index (χ1v) is 6.57. The predicted octanol–water partition coefficient (Wildman–Crippen LogP) is 3.05. The van der Waals surface area contributed by atoms with Gasteiger partial charge in [-0.15, -0.1) is 0 Å². The minimum absolute atomic E-state index is 0.0242. The van der Waals surface area contributed by atoms with Crippen LogP contribution < -0.4 is 0 Å². The number of amides is 1. The van der Waals surface area contributed by atoms with Gasteiger partial charge in [-0.3, -0.25) is 9.59 Å². The molecule has 4 heteroatoms. The third kappa shape index (κ3) is 5.20. The van der Waals surface area contributed by atoms with Crippen molar-refractivity contribution in [2.75, 3.05) is 13.6 Å². The Morgan fingerprint density at radius 3 is 2.37 bits per heavy atom. The van der Waals surface area contributed by atoms with Gasteiger partial charge in [0.25, 0.3) is 0 Å². The lowest BCUT2D eigenvalue weighted by Gasteiger charge is -2.16. The molecule has 0 spiro atoms. The van der Waals surface area contributed by atoms with Crippen LogP contribution >= 0.6 is 0 Å². The van der Waals surface area contributed by atoms with Gasteiger partial charge < -0.3 is 4.90 Å². The van der Waals surface area contributed by atoms with E-state index in [1.54, 1.807) is 11.9 Å². The van der Waals surface area contributed by atoms with Crippen LogP contribution in [0.2, 0.25) is 0 Å². The van der Waals surface area contributed by atoms with Crippen molar-refractivity contribution in [2.45, 2.75) is 32.6 Å². The molecule has 19 heavy (non-hydrogen) atoms. The molecule has 0 saturated carbocycles. The summed E-state index contributed by atoms with van der Waals surface area (Å²) in [5, 5.41) is 0. The van der Waals surface area contributed by atoms with Gasteiger partial charge in [-0.1, -0.05) is 13.3 Å². The van der Waals surface area contributed by atoms with Gasteiger partial charge >= 0.3 is 0 Å². The number of Topliss-reactive ketones (excluding diaryl/α,β-unsaturated/α-hetero) is 1. The molecule has 1 rings (SSSR count). The molecule has 0 radical (unpaired) electrons. The molecule has 1 aromatic rings. The summed E-state index contributed by atoms with van der Waals surface area (Å²) >= 11 is 0. The lowest BCUT2D eigenvalue weighted by Crippen LogP contribution is -2.27. The van der Waals surface area contributed by atoms with Gasteiger partial charge in [0.1, 0.15) is 5.82 Å². The Kier molecular flexibility index (Phi) is 6.19. The van der Waals surface area contributed by atoms with Crippen LogP contribution in [0.15, 0.2) is 24.3 Å². The fourth-order valence-electron chi connectivity index (χ4n) is 1.71. The number of ketones is 1. The van der Waals surface area contributed by atoms with Crippen LogP contribution in [0.4, 0.5) is 4.39 Å². The maximum atomic E-state index is 12.7. The van der Waals surface area contributed by atoms with E-state index in [0.717, 1.165) is 19.4 Å². The Morgan fingerprint density at radius 2 is 1.79 bits per heavy atom. The highest BCUT2D eigenvalue weighted by atomic mass is 19.1. The summed E-state index contributed by atoms with van der Waals surface area (Å²) in [6.07, 6.45) is 2.37. The van der Waals surface area contributed by atoms with Gasteiger partial charge in [0, 0.05) is 32.0 Å². The van der Waals surface area contributed by atoms with Crippen molar-refractivity contribution in [3.05, 3.63) is 35.6 Å². The van der Waals surface area contributed by atoms with Crippen molar-refractivity contribution in [1.82, 2.24) is 4.90 Å². The topological polar surface area (TPSA) is 37.4 Å². The molecule has 1 amide bonds. The Hall–Kier alpha value is -1.71. The van der Waals surface area contributed by atoms with Crippen LogP contribution in [-0.4, -0.2) is 30.2 Å². The summed E-state index contributed by atoms with van der Waals surface area (Å²) in [5.41, 5.74) is 0.449. The zero-order valence-corrected chi connectivity index (χ0v) is 11.5. The average Bonchev–Trinajstić information content (AvgIpc) is 2.42. The van der Waals surface area contributed by atoms with Crippen molar-refractivity contribution < 1.29 is 14.0 Å². The second-order valence-corrected chi connectivity index (χ2v) is 4.60. The van der Waals surface area contributed by atoms with E-state index in [1.165, 1.54) is 24.3 Å². The Balaban J connectivity index is 2.41. The number of hydrogen-bond acceptors (Lipinski definition) is 2.